The van der Waals surface area contributed by atoms with Crippen molar-refractivity contribution in [2.24, 2.45) is 0 Å². The van der Waals surface area contributed by atoms with Gasteiger partial charge in [-0.25, -0.2) is 4.68 Å². The quantitative estimate of drug-likeness (QED) is 0.746. The normalized spacial score (nSPS) is 10.4. The van der Waals surface area contributed by atoms with Crippen LogP contribution >= 0.6 is 11.6 Å². The van der Waals surface area contributed by atoms with Gasteiger partial charge in [-0.3, -0.25) is 9.59 Å². The van der Waals surface area contributed by atoms with Gasteiger partial charge in [0.15, 0.2) is 5.69 Å². The zero-order valence-corrected chi connectivity index (χ0v) is 14.7. The average Bonchev–Trinajstić information content (AvgIpc) is 2.64. The molecule has 1 N–H and O–H groups in total. The van der Waals surface area contributed by atoms with E-state index in [1.165, 1.54) is 16.9 Å². The van der Waals surface area contributed by atoms with Crippen molar-refractivity contribution >= 4 is 23.2 Å². The number of nitrogens with one attached hydrogen (secondary N) is 1. The Kier molecular flexibility index (Phi) is 5.34. The first-order valence-electron chi connectivity index (χ1n) is 7.97. The molecular formula is C19H16ClN3O3. The summed E-state index contributed by atoms with van der Waals surface area (Å²) in [4.78, 5) is 24.7. The summed E-state index contributed by atoms with van der Waals surface area (Å²) < 4.78 is 6.92. The van der Waals surface area contributed by atoms with E-state index in [0.717, 1.165) is 0 Å². The molecule has 0 spiro atoms. The van der Waals surface area contributed by atoms with Crippen molar-refractivity contribution in [2.45, 2.75) is 6.92 Å². The molecule has 0 aliphatic heterocycles. The van der Waals surface area contributed by atoms with Gasteiger partial charge in [-0.1, -0.05) is 23.7 Å². The van der Waals surface area contributed by atoms with E-state index < -0.39 is 11.3 Å². The fourth-order valence-corrected chi connectivity index (χ4v) is 2.46. The maximum absolute atomic E-state index is 12.6. The van der Waals surface area contributed by atoms with E-state index in [9.17, 15) is 9.59 Å². The van der Waals surface area contributed by atoms with Crippen molar-refractivity contribution in [2.75, 3.05) is 11.9 Å². The first-order valence-corrected chi connectivity index (χ1v) is 8.35. The minimum atomic E-state index is -0.606. The molecule has 6 nitrogen and oxygen atoms in total. The minimum Gasteiger partial charge on any atom is -0.492 e. The first kappa shape index (κ1) is 17.7. The molecule has 0 aliphatic rings. The Balaban J connectivity index is 1.91. The molecule has 26 heavy (non-hydrogen) atoms. The lowest BCUT2D eigenvalue weighted by atomic mass is 10.2. The summed E-state index contributed by atoms with van der Waals surface area (Å²) in [6, 6.07) is 15.2. The second kappa shape index (κ2) is 7.84. The van der Waals surface area contributed by atoms with Gasteiger partial charge in [0.1, 0.15) is 5.75 Å². The fourth-order valence-electron chi connectivity index (χ4n) is 2.34. The van der Waals surface area contributed by atoms with Crippen molar-refractivity contribution in [3.05, 3.63) is 81.7 Å². The van der Waals surface area contributed by atoms with Gasteiger partial charge < -0.3 is 10.1 Å². The molecule has 2 aromatic carbocycles. The Bertz CT molecular complexity index is 984. The second-order valence-corrected chi connectivity index (χ2v) is 5.77. The lowest BCUT2D eigenvalue weighted by molar-refractivity contribution is 0.101. The third-order valence-electron chi connectivity index (χ3n) is 3.55. The number of rotatable bonds is 5. The number of anilines is 1. The Morgan fingerprint density at radius 1 is 1.15 bits per heavy atom. The molecule has 0 bridgehead atoms. The van der Waals surface area contributed by atoms with Crippen LogP contribution in [0.4, 0.5) is 5.69 Å². The average molecular weight is 370 g/mol. The van der Waals surface area contributed by atoms with Gasteiger partial charge in [-0.15, -0.1) is 0 Å². The van der Waals surface area contributed by atoms with Gasteiger partial charge in [0, 0.05) is 17.3 Å². The van der Waals surface area contributed by atoms with Crippen LogP contribution in [0.1, 0.15) is 17.4 Å². The summed E-state index contributed by atoms with van der Waals surface area (Å²) in [6.45, 7) is 2.31. The van der Waals surface area contributed by atoms with Crippen LogP contribution in [0.2, 0.25) is 5.02 Å². The number of hydrogen-bond acceptors (Lipinski definition) is 4. The van der Waals surface area contributed by atoms with Crippen LogP contribution in [0.5, 0.6) is 5.75 Å². The van der Waals surface area contributed by atoms with Crippen LogP contribution in [0.25, 0.3) is 5.69 Å². The number of benzene rings is 2. The smallest absolute Gasteiger partial charge is 0.280 e. The van der Waals surface area contributed by atoms with E-state index >= 15 is 0 Å². The monoisotopic (exact) mass is 369 g/mol. The molecule has 7 heteroatoms. The molecule has 1 amide bonds. The third kappa shape index (κ3) is 3.92. The molecule has 0 fully saturated rings. The molecule has 132 valence electrons. The molecule has 0 radical (unpaired) electrons. The van der Waals surface area contributed by atoms with Crippen LogP contribution < -0.4 is 15.5 Å². The van der Waals surface area contributed by atoms with Crippen molar-refractivity contribution in [1.29, 1.82) is 0 Å². The van der Waals surface area contributed by atoms with Gasteiger partial charge in [0.05, 0.1) is 18.0 Å². The molecule has 1 aromatic heterocycles. The van der Waals surface area contributed by atoms with Crippen molar-refractivity contribution in [3.8, 4) is 11.4 Å². The summed E-state index contributed by atoms with van der Waals surface area (Å²) in [5.41, 5.74) is 0.468. The highest BCUT2D eigenvalue weighted by molar-refractivity contribution is 6.30. The molecule has 0 atom stereocenters. The topological polar surface area (TPSA) is 73.2 Å². The summed E-state index contributed by atoms with van der Waals surface area (Å²) in [7, 11) is 0. The molecule has 3 aromatic rings. The molecular weight excluding hydrogens is 354 g/mol. The van der Waals surface area contributed by atoms with Crippen LogP contribution in [0.15, 0.2) is 65.6 Å². The summed E-state index contributed by atoms with van der Waals surface area (Å²) in [5, 5.41) is 7.42. The molecule has 3 rings (SSSR count). The van der Waals surface area contributed by atoms with Gasteiger partial charge >= 0.3 is 0 Å². The summed E-state index contributed by atoms with van der Waals surface area (Å²) >= 11 is 5.88. The third-order valence-corrected chi connectivity index (χ3v) is 3.80. The van der Waals surface area contributed by atoms with Crippen LogP contribution in [-0.4, -0.2) is 22.3 Å². The SMILES string of the molecule is CCOc1ccccc1NC(=O)c1nn(-c2ccc(Cl)cc2)ccc1=O. The zero-order chi connectivity index (χ0) is 18.5. The first-order chi connectivity index (χ1) is 12.6. The van der Waals surface area contributed by atoms with Crippen LogP contribution in [0.3, 0.4) is 0 Å². The molecule has 0 unspecified atom stereocenters. The van der Waals surface area contributed by atoms with E-state index in [4.69, 9.17) is 16.3 Å². The van der Waals surface area contributed by atoms with Crippen LogP contribution in [0, 0.1) is 0 Å². The number of nitrogens with zero attached hydrogens (tertiary/aromatic N) is 2. The second-order valence-electron chi connectivity index (χ2n) is 5.33. The minimum absolute atomic E-state index is 0.214. The zero-order valence-electron chi connectivity index (χ0n) is 14.0. The van der Waals surface area contributed by atoms with E-state index in [2.05, 4.69) is 10.4 Å². The Morgan fingerprint density at radius 2 is 1.88 bits per heavy atom. The van der Waals surface area contributed by atoms with Gasteiger partial charge in [0.2, 0.25) is 5.43 Å². The van der Waals surface area contributed by atoms with Crippen molar-refractivity contribution < 1.29 is 9.53 Å². The number of aromatic nitrogens is 2. The highest BCUT2D eigenvalue weighted by atomic mass is 35.5. The fraction of sp³-hybridized carbons (Fsp3) is 0.105. The number of carbonyl (C=O) groups excluding carboxylic acids is 1. The Hall–Kier alpha value is -3.12. The maximum Gasteiger partial charge on any atom is 0.280 e. The van der Waals surface area contributed by atoms with E-state index in [1.807, 2.05) is 6.92 Å². The molecule has 0 aliphatic carbocycles. The lowest BCUT2D eigenvalue weighted by Crippen LogP contribution is -2.25. The number of hydrogen-bond donors (Lipinski definition) is 1. The van der Waals surface area contributed by atoms with E-state index in [1.54, 1.807) is 48.5 Å². The maximum atomic E-state index is 12.6. The largest absolute Gasteiger partial charge is 0.492 e. The number of amides is 1. The van der Waals surface area contributed by atoms with E-state index in [0.29, 0.717) is 28.8 Å². The van der Waals surface area contributed by atoms with Crippen molar-refractivity contribution in [1.82, 2.24) is 9.78 Å². The van der Waals surface area contributed by atoms with Gasteiger partial charge in [-0.2, -0.15) is 5.10 Å². The van der Waals surface area contributed by atoms with Crippen LogP contribution in [-0.2, 0) is 0 Å². The molecule has 0 saturated carbocycles. The summed E-state index contributed by atoms with van der Waals surface area (Å²) in [5.74, 6) is -0.0808. The number of para-hydroxylation sites is 2. The van der Waals surface area contributed by atoms with Gasteiger partial charge in [-0.05, 0) is 43.3 Å². The highest BCUT2D eigenvalue weighted by Gasteiger charge is 2.15. The predicted molar refractivity (Wildman–Crippen MR) is 100 cm³/mol. The standard InChI is InChI=1S/C19H16ClN3O3/c1-2-26-17-6-4-3-5-15(17)21-19(25)18-16(24)11-12-23(22-18)14-9-7-13(20)8-10-14/h3-12H,2H2,1H3,(H,21,25). The van der Waals surface area contributed by atoms with Crippen molar-refractivity contribution in [3.63, 3.8) is 0 Å². The Labute approximate surface area is 155 Å². The van der Waals surface area contributed by atoms with Gasteiger partial charge in [0.25, 0.3) is 5.91 Å². The van der Waals surface area contributed by atoms with E-state index in [-0.39, 0.29) is 5.69 Å². The molecule has 0 saturated heterocycles. The number of carbonyl (C=O) groups is 1. The summed E-state index contributed by atoms with van der Waals surface area (Å²) in [6.07, 6.45) is 1.50. The number of halogens is 1. The lowest BCUT2D eigenvalue weighted by Gasteiger charge is -2.11. The number of ether oxygens (including phenoxy) is 1. The molecule has 1 heterocycles. The Morgan fingerprint density at radius 3 is 2.62 bits per heavy atom. The predicted octanol–water partition coefficient (Wildman–Crippen LogP) is 3.54. The highest BCUT2D eigenvalue weighted by Crippen LogP contribution is 2.23.